The van der Waals surface area contributed by atoms with Crippen LogP contribution in [0.3, 0.4) is 0 Å². The van der Waals surface area contributed by atoms with Crippen molar-refractivity contribution in [2.24, 2.45) is 0 Å². The summed E-state index contributed by atoms with van der Waals surface area (Å²) in [5.74, 6) is -1.55. The maximum Gasteiger partial charge on any atom is 0.336 e. The zero-order valence-corrected chi connectivity index (χ0v) is 18.4. The Morgan fingerprint density at radius 3 is 2.25 bits per heavy atom. The third-order valence-electron chi connectivity index (χ3n) is 5.92. The molecule has 1 aromatic heterocycles. The average molecular weight is 432 g/mol. The molecule has 2 heterocycles. The summed E-state index contributed by atoms with van der Waals surface area (Å²) in [6, 6.07) is 12.7. The Hall–Kier alpha value is -3.74. The van der Waals surface area contributed by atoms with Crippen LogP contribution in [0.15, 0.2) is 57.7 Å². The molecular formula is C25H24N2O5. The molecule has 7 heteroatoms. The summed E-state index contributed by atoms with van der Waals surface area (Å²) >= 11 is 0. The second-order valence-corrected chi connectivity index (χ2v) is 8.39. The van der Waals surface area contributed by atoms with Crippen molar-refractivity contribution < 1.29 is 18.8 Å². The van der Waals surface area contributed by atoms with Crippen LogP contribution in [0.4, 0.5) is 4.79 Å². The lowest BCUT2D eigenvalue weighted by molar-refractivity contribution is -0.144. The van der Waals surface area contributed by atoms with Gasteiger partial charge in [-0.15, -0.1) is 0 Å². The molecule has 164 valence electrons. The topological polar surface area (TPSA) is 87.9 Å². The van der Waals surface area contributed by atoms with E-state index in [9.17, 15) is 19.2 Å². The third-order valence-corrected chi connectivity index (χ3v) is 5.92. The first-order chi connectivity index (χ1) is 15.2. The van der Waals surface area contributed by atoms with Crippen molar-refractivity contribution in [3.63, 3.8) is 0 Å². The molecule has 0 spiro atoms. The predicted octanol–water partition coefficient (Wildman–Crippen LogP) is 4.28. The molecule has 1 atom stereocenters. The normalized spacial score (nSPS) is 15.3. The van der Waals surface area contributed by atoms with Crippen LogP contribution in [0.1, 0.15) is 55.0 Å². The number of hydrogen-bond acceptors (Lipinski definition) is 5. The summed E-state index contributed by atoms with van der Waals surface area (Å²) in [7, 11) is 0. The number of rotatable bonds is 5. The standard InChI is InChI=1S/C25H24N2O5/c1-14(2)19-12-20-18(11-22(28)32-21(20)10-15(19)3)13-26-23(29)24(30)27(25(26)31)16(4)17-8-6-5-7-9-17/h5-12,14,16H,13H2,1-4H3. The second-order valence-electron chi connectivity index (χ2n) is 8.39. The Morgan fingerprint density at radius 1 is 0.906 bits per heavy atom. The van der Waals surface area contributed by atoms with Crippen molar-refractivity contribution in [3.8, 4) is 0 Å². The van der Waals surface area contributed by atoms with E-state index in [4.69, 9.17) is 4.42 Å². The van der Waals surface area contributed by atoms with Gasteiger partial charge in [0.2, 0.25) is 0 Å². The molecule has 0 radical (unpaired) electrons. The van der Waals surface area contributed by atoms with Crippen molar-refractivity contribution in [1.82, 2.24) is 9.80 Å². The number of aryl methyl sites for hydroxylation is 1. The van der Waals surface area contributed by atoms with Crippen molar-refractivity contribution in [1.29, 1.82) is 0 Å². The first kappa shape index (κ1) is 21.5. The summed E-state index contributed by atoms with van der Waals surface area (Å²) in [6.45, 7) is 7.57. The fourth-order valence-electron chi connectivity index (χ4n) is 4.20. The van der Waals surface area contributed by atoms with Gasteiger partial charge in [0.05, 0.1) is 12.6 Å². The highest BCUT2D eigenvalue weighted by atomic mass is 16.4. The maximum absolute atomic E-state index is 13.1. The molecule has 1 saturated heterocycles. The van der Waals surface area contributed by atoms with E-state index in [1.54, 1.807) is 37.3 Å². The van der Waals surface area contributed by atoms with Gasteiger partial charge in [0, 0.05) is 11.5 Å². The van der Waals surface area contributed by atoms with Crippen LogP contribution in [0, 0.1) is 6.92 Å². The number of imide groups is 2. The van der Waals surface area contributed by atoms with E-state index in [1.807, 2.05) is 19.1 Å². The number of carbonyl (C=O) groups excluding carboxylic acids is 3. The lowest BCUT2D eigenvalue weighted by Gasteiger charge is -2.22. The molecule has 4 amide bonds. The first-order valence-corrected chi connectivity index (χ1v) is 10.5. The van der Waals surface area contributed by atoms with Crippen LogP contribution in [-0.2, 0) is 16.1 Å². The van der Waals surface area contributed by atoms with Crippen LogP contribution < -0.4 is 5.63 Å². The van der Waals surface area contributed by atoms with Gasteiger partial charge in [0.1, 0.15) is 5.58 Å². The highest BCUT2D eigenvalue weighted by molar-refractivity contribution is 6.44. The van der Waals surface area contributed by atoms with E-state index in [-0.39, 0.29) is 12.5 Å². The molecule has 1 fully saturated rings. The molecule has 0 N–H and O–H groups in total. The molecule has 0 bridgehead atoms. The SMILES string of the molecule is Cc1cc2oc(=O)cc(CN3C(=O)C(=O)N(C(C)c4ccccc4)C3=O)c2cc1C(C)C. The van der Waals surface area contributed by atoms with E-state index in [0.717, 1.165) is 26.5 Å². The molecule has 1 unspecified atom stereocenters. The minimum atomic E-state index is -0.907. The summed E-state index contributed by atoms with van der Waals surface area (Å²) < 4.78 is 5.35. The molecule has 3 aromatic rings. The molecular weight excluding hydrogens is 408 g/mol. The molecule has 1 aliphatic heterocycles. The first-order valence-electron chi connectivity index (χ1n) is 10.5. The lowest BCUT2D eigenvalue weighted by Crippen LogP contribution is -2.35. The Labute approximate surface area is 185 Å². The summed E-state index contributed by atoms with van der Waals surface area (Å²) in [5.41, 5.74) is 3.06. The van der Waals surface area contributed by atoms with Crippen molar-refractivity contribution in [3.05, 3.63) is 81.2 Å². The second kappa shape index (κ2) is 8.07. The molecule has 0 aliphatic carbocycles. The van der Waals surface area contributed by atoms with Crippen LogP contribution in [0.25, 0.3) is 11.0 Å². The number of nitrogens with zero attached hydrogens (tertiary/aromatic N) is 2. The van der Waals surface area contributed by atoms with Gasteiger partial charge in [-0.25, -0.2) is 14.5 Å². The quantitative estimate of drug-likeness (QED) is 0.341. The van der Waals surface area contributed by atoms with Gasteiger partial charge < -0.3 is 4.42 Å². The number of urea groups is 1. The minimum absolute atomic E-state index is 0.190. The zero-order valence-electron chi connectivity index (χ0n) is 18.4. The number of carbonyl (C=O) groups is 3. The molecule has 1 aliphatic rings. The van der Waals surface area contributed by atoms with E-state index < -0.39 is 29.5 Å². The average Bonchev–Trinajstić information content (AvgIpc) is 2.96. The van der Waals surface area contributed by atoms with Gasteiger partial charge in [-0.05, 0) is 54.2 Å². The van der Waals surface area contributed by atoms with Gasteiger partial charge in [-0.2, -0.15) is 0 Å². The molecule has 7 nitrogen and oxygen atoms in total. The Morgan fingerprint density at radius 2 is 1.59 bits per heavy atom. The maximum atomic E-state index is 13.1. The number of amides is 4. The zero-order chi connectivity index (χ0) is 23.2. The van der Waals surface area contributed by atoms with E-state index in [0.29, 0.717) is 16.5 Å². The largest absolute Gasteiger partial charge is 0.423 e. The van der Waals surface area contributed by atoms with Gasteiger partial charge in [-0.3, -0.25) is 14.5 Å². The monoisotopic (exact) mass is 432 g/mol. The molecule has 2 aromatic carbocycles. The van der Waals surface area contributed by atoms with Gasteiger partial charge in [-0.1, -0.05) is 44.2 Å². The third kappa shape index (κ3) is 3.60. The van der Waals surface area contributed by atoms with Crippen molar-refractivity contribution >= 4 is 28.8 Å². The predicted molar refractivity (Wildman–Crippen MR) is 119 cm³/mol. The van der Waals surface area contributed by atoms with Crippen LogP contribution in [0.5, 0.6) is 0 Å². The summed E-state index contributed by atoms with van der Waals surface area (Å²) in [4.78, 5) is 52.5. The molecule has 4 rings (SSSR count). The van der Waals surface area contributed by atoms with Gasteiger partial charge in [0.25, 0.3) is 0 Å². The van der Waals surface area contributed by atoms with Crippen molar-refractivity contribution in [2.45, 2.75) is 46.2 Å². The minimum Gasteiger partial charge on any atom is -0.423 e. The van der Waals surface area contributed by atoms with Gasteiger partial charge >= 0.3 is 23.5 Å². The summed E-state index contributed by atoms with van der Waals surface area (Å²) in [5, 5.41) is 0.640. The number of benzene rings is 2. The van der Waals surface area contributed by atoms with Crippen molar-refractivity contribution in [2.75, 3.05) is 0 Å². The fraction of sp³-hybridized carbons (Fsp3) is 0.280. The lowest BCUT2D eigenvalue weighted by atomic mass is 9.95. The highest BCUT2D eigenvalue weighted by Gasteiger charge is 2.47. The number of hydrogen-bond donors (Lipinski definition) is 0. The molecule has 32 heavy (non-hydrogen) atoms. The molecule has 0 saturated carbocycles. The van der Waals surface area contributed by atoms with Crippen LogP contribution in [-0.4, -0.2) is 27.6 Å². The van der Waals surface area contributed by atoms with Crippen LogP contribution >= 0.6 is 0 Å². The van der Waals surface area contributed by atoms with Gasteiger partial charge in [0.15, 0.2) is 0 Å². The smallest absolute Gasteiger partial charge is 0.336 e. The van der Waals surface area contributed by atoms with Crippen LogP contribution in [0.2, 0.25) is 0 Å². The van der Waals surface area contributed by atoms with E-state index >= 15 is 0 Å². The Balaban J connectivity index is 1.73. The Bertz CT molecular complexity index is 1290. The Kier molecular flexibility index (Phi) is 5.42. The fourth-order valence-corrected chi connectivity index (χ4v) is 4.20. The highest BCUT2D eigenvalue weighted by Crippen LogP contribution is 2.30. The number of fused-ring (bicyclic) bond motifs is 1. The summed E-state index contributed by atoms with van der Waals surface area (Å²) in [6.07, 6.45) is 0. The van der Waals surface area contributed by atoms with E-state index in [2.05, 4.69) is 13.8 Å². The van der Waals surface area contributed by atoms with E-state index in [1.165, 1.54) is 6.07 Å².